The Balaban J connectivity index is 2.68. The third kappa shape index (κ3) is 4.50. The molecule has 2 atom stereocenters. The molecule has 7 heteroatoms. The molecular formula is C13H20N2O4S. The minimum Gasteiger partial charge on any atom is -0.497 e. The second-order valence-corrected chi connectivity index (χ2v) is 6.04. The van der Waals surface area contributed by atoms with E-state index in [-0.39, 0.29) is 5.91 Å². The summed E-state index contributed by atoms with van der Waals surface area (Å²) in [5.74, 6) is 0.594. The third-order valence-electron chi connectivity index (χ3n) is 2.77. The van der Waals surface area contributed by atoms with Crippen LogP contribution in [0.2, 0.25) is 0 Å². The van der Waals surface area contributed by atoms with Gasteiger partial charge in [0.15, 0.2) is 0 Å². The number of carbonyl (C=O) groups is 1. The van der Waals surface area contributed by atoms with Crippen molar-refractivity contribution in [3.05, 3.63) is 18.2 Å². The summed E-state index contributed by atoms with van der Waals surface area (Å²) in [4.78, 5) is 12.0. The number of ether oxygens (including phenoxy) is 2. The van der Waals surface area contributed by atoms with E-state index in [4.69, 9.17) is 15.2 Å². The summed E-state index contributed by atoms with van der Waals surface area (Å²) < 4.78 is 21.7. The van der Waals surface area contributed by atoms with E-state index in [1.165, 1.54) is 14.2 Å². The van der Waals surface area contributed by atoms with Gasteiger partial charge in [0, 0.05) is 29.7 Å². The highest BCUT2D eigenvalue weighted by Gasteiger charge is 2.20. The summed E-state index contributed by atoms with van der Waals surface area (Å²) >= 11 is 0. The third-order valence-corrected chi connectivity index (χ3v) is 4.34. The zero-order valence-corrected chi connectivity index (χ0v) is 12.7. The van der Waals surface area contributed by atoms with E-state index in [0.717, 1.165) is 0 Å². The smallest absolute Gasteiger partial charge is 0.239 e. The van der Waals surface area contributed by atoms with Crippen LogP contribution in [0.1, 0.15) is 6.92 Å². The molecule has 0 aromatic heterocycles. The lowest BCUT2D eigenvalue weighted by Gasteiger charge is -2.14. The van der Waals surface area contributed by atoms with E-state index in [0.29, 0.717) is 29.5 Å². The second-order valence-electron chi connectivity index (χ2n) is 4.16. The van der Waals surface area contributed by atoms with Gasteiger partial charge in [-0.3, -0.25) is 9.00 Å². The lowest BCUT2D eigenvalue weighted by Crippen LogP contribution is -2.31. The zero-order valence-electron chi connectivity index (χ0n) is 11.8. The highest BCUT2D eigenvalue weighted by Crippen LogP contribution is 2.24. The largest absolute Gasteiger partial charge is 0.497 e. The summed E-state index contributed by atoms with van der Waals surface area (Å²) in [5, 5.41) is 2.03. The normalized spacial score (nSPS) is 13.6. The summed E-state index contributed by atoms with van der Waals surface area (Å²) in [5.41, 5.74) is 6.69. The Bertz CT molecular complexity index is 493. The Morgan fingerprint density at radius 3 is 2.70 bits per heavy atom. The highest BCUT2D eigenvalue weighted by molar-refractivity contribution is 7.86. The van der Waals surface area contributed by atoms with E-state index >= 15 is 0 Å². The number of nitrogens with one attached hydrogen (secondary N) is 1. The number of rotatable bonds is 7. The molecule has 1 aromatic rings. The molecule has 20 heavy (non-hydrogen) atoms. The lowest BCUT2D eigenvalue weighted by atomic mass is 10.2. The predicted octanol–water partition coefficient (Wildman–Crippen LogP) is 0.999. The number of hydrogen-bond acceptors (Lipinski definition) is 5. The molecule has 1 aromatic carbocycles. The standard InChI is InChI=1S/C13H20N2O4S/c1-9(20(17)7-6-18-2)13(16)15-12-5-4-10(19-3)8-11(12)14/h4-5,8-9H,6-7,14H2,1-3H3,(H,15,16). The first-order valence-electron chi connectivity index (χ1n) is 6.10. The van der Waals surface area contributed by atoms with Gasteiger partial charge < -0.3 is 20.5 Å². The fourth-order valence-electron chi connectivity index (χ4n) is 1.48. The molecule has 2 unspecified atom stereocenters. The van der Waals surface area contributed by atoms with Crippen molar-refractivity contribution in [2.24, 2.45) is 0 Å². The fourth-order valence-corrected chi connectivity index (χ4v) is 2.46. The maximum Gasteiger partial charge on any atom is 0.239 e. The Kier molecular flexibility index (Phi) is 6.47. The molecule has 1 amide bonds. The van der Waals surface area contributed by atoms with Gasteiger partial charge in [-0.15, -0.1) is 0 Å². The molecule has 0 heterocycles. The van der Waals surface area contributed by atoms with Crippen LogP contribution in [-0.2, 0) is 20.3 Å². The SMILES string of the molecule is COCCS(=O)C(C)C(=O)Nc1ccc(OC)cc1N. The number of amides is 1. The summed E-state index contributed by atoms with van der Waals surface area (Å²) in [6.45, 7) is 1.97. The van der Waals surface area contributed by atoms with Crippen molar-refractivity contribution in [1.82, 2.24) is 0 Å². The topological polar surface area (TPSA) is 90.7 Å². The number of carbonyl (C=O) groups excluding carboxylic acids is 1. The maximum atomic E-state index is 12.0. The molecule has 0 fully saturated rings. The lowest BCUT2D eigenvalue weighted by molar-refractivity contribution is -0.115. The van der Waals surface area contributed by atoms with E-state index in [2.05, 4.69) is 5.32 Å². The van der Waals surface area contributed by atoms with Crippen LogP contribution in [-0.4, -0.2) is 41.9 Å². The average Bonchev–Trinajstić information content (AvgIpc) is 2.45. The molecule has 0 aliphatic rings. The van der Waals surface area contributed by atoms with Crippen LogP contribution in [0.3, 0.4) is 0 Å². The molecule has 3 N–H and O–H groups in total. The van der Waals surface area contributed by atoms with Crippen molar-refractivity contribution in [2.75, 3.05) is 37.6 Å². The molecule has 0 radical (unpaired) electrons. The van der Waals surface area contributed by atoms with Crippen molar-refractivity contribution < 1.29 is 18.5 Å². The van der Waals surface area contributed by atoms with Gasteiger partial charge in [0.1, 0.15) is 11.0 Å². The number of benzene rings is 1. The molecule has 0 bridgehead atoms. The van der Waals surface area contributed by atoms with Crippen LogP contribution < -0.4 is 15.8 Å². The number of hydrogen-bond donors (Lipinski definition) is 2. The molecule has 0 aliphatic heterocycles. The Labute approximate surface area is 121 Å². The predicted molar refractivity (Wildman–Crippen MR) is 80.4 cm³/mol. The van der Waals surface area contributed by atoms with Crippen LogP contribution in [0.25, 0.3) is 0 Å². The van der Waals surface area contributed by atoms with Crippen molar-refractivity contribution in [3.63, 3.8) is 0 Å². The van der Waals surface area contributed by atoms with Crippen LogP contribution in [0.5, 0.6) is 5.75 Å². The molecule has 0 aliphatic carbocycles. The van der Waals surface area contributed by atoms with Gasteiger partial charge in [0.25, 0.3) is 0 Å². The minimum absolute atomic E-state index is 0.323. The quantitative estimate of drug-likeness (QED) is 0.733. The number of anilines is 2. The van der Waals surface area contributed by atoms with Crippen LogP contribution in [0, 0.1) is 0 Å². The van der Waals surface area contributed by atoms with Gasteiger partial charge in [-0.2, -0.15) is 0 Å². The van der Waals surface area contributed by atoms with Crippen LogP contribution in [0.4, 0.5) is 11.4 Å². The van der Waals surface area contributed by atoms with E-state index < -0.39 is 16.0 Å². The fraction of sp³-hybridized carbons (Fsp3) is 0.462. The molecule has 112 valence electrons. The van der Waals surface area contributed by atoms with Gasteiger partial charge >= 0.3 is 0 Å². The summed E-state index contributed by atoms with van der Waals surface area (Å²) in [6.07, 6.45) is 0. The highest BCUT2D eigenvalue weighted by atomic mass is 32.2. The monoisotopic (exact) mass is 300 g/mol. The average molecular weight is 300 g/mol. The van der Waals surface area contributed by atoms with Crippen molar-refractivity contribution in [1.29, 1.82) is 0 Å². The Hall–Kier alpha value is -1.60. The van der Waals surface area contributed by atoms with E-state index in [9.17, 15) is 9.00 Å². The molecule has 1 rings (SSSR count). The molecule has 6 nitrogen and oxygen atoms in total. The van der Waals surface area contributed by atoms with Crippen molar-refractivity contribution in [3.8, 4) is 5.75 Å². The number of methoxy groups -OCH3 is 2. The van der Waals surface area contributed by atoms with Gasteiger partial charge in [0.2, 0.25) is 5.91 Å². The summed E-state index contributed by atoms with van der Waals surface area (Å²) in [6, 6.07) is 4.96. The number of nitrogen functional groups attached to an aromatic ring is 1. The first-order chi connectivity index (χ1) is 9.49. The molecule has 0 spiro atoms. The number of nitrogens with two attached hydrogens (primary N) is 1. The van der Waals surface area contributed by atoms with Gasteiger partial charge in [-0.05, 0) is 19.1 Å². The zero-order chi connectivity index (χ0) is 15.1. The van der Waals surface area contributed by atoms with Crippen molar-refractivity contribution >= 4 is 28.1 Å². The van der Waals surface area contributed by atoms with Gasteiger partial charge in [-0.1, -0.05) is 0 Å². The van der Waals surface area contributed by atoms with E-state index in [1.807, 2.05) is 0 Å². The maximum absolute atomic E-state index is 12.0. The first-order valence-corrected chi connectivity index (χ1v) is 7.48. The second kappa shape index (κ2) is 7.86. The molecule has 0 saturated carbocycles. The molecule has 0 saturated heterocycles. The Morgan fingerprint density at radius 2 is 2.15 bits per heavy atom. The van der Waals surface area contributed by atoms with Crippen LogP contribution in [0.15, 0.2) is 18.2 Å². The van der Waals surface area contributed by atoms with Gasteiger partial charge in [0.05, 0.1) is 25.1 Å². The Morgan fingerprint density at radius 1 is 1.45 bits per heavy atom. The first kappa shape index (κ1) is 16.5. The van der Waals surface area contributed by atoms with E-state index in [1.54, 1.807) is 25.1 Å². The minimum atomic E-state index is -1.28. The van der Waals surface area contributed by atoms with Gasteiger partial charge in [-0.25, -0.2) is 0 Å². The van der Waals surface area contributed by atoms with Crippen molar-refractivity contribution in [2.45, 2.75) is 12.2 Å². The summed E-state index contributed by atoms with van der Waals surface area (Å²) in [7, 11) is 1.78. The van der Waals surface area contributed by atoms with Crippen LogP contribution >= 0.6 is 0 Å². The molecular weight excluding hydrogens is 280 g/mol.